The zero-order valence-corrected chi connectivity index (χ0v) is 81.3. The van der Waals surface area contributed by atoms with Gasteiger partial charge in [-0.25, -0.2) is 0 Å². The highest BCUT2D eigenvalue weighted by Gasteiger charge is 2.14. The van der Waals surface area contributed by atoms with E-state index in [1.807, 2.05) is 228 Å². The topological polar surface area (TPSA) is 390 Å². The molecule has 143 heavy (non-hydrogen) atoms. The van der Waals surface area contributed by atoms with E-state index in [0.29, 0.717) is 45.4 Å². The van der Waals surface area contributed by atoms with E-state index in [1.165, 1.54) is 90.2 Å². The fraction of sp³-hybridized carbons (Fsp3) is 0.128. The molecule has 736 valence electrons. The quantitative estimate of drug-likeness (QED) is 0.0103. The molecule has 0 aliphatic carbocycles. The minimum atomic E-state index is -0.347. The number of benzene rings is 13. The molecule has 0 aliphatic rings. The van der Waals surface area contributed by atoms with E-state index in [2.05, 4.69) is 0 Å². The fourth-order valence-electron chi connectivity index (χ4n) is 13.7. The number of hydrogen-bond acceptors (Lipinski definition) is 26. The van der Waals surface area contributed by atoms with Crippen LogP contribution in [0.5, 0.6) is 103 Å². The van der Waals surface area contributed by atoms with Crippen molar-refractivity contribution < 1.29 is 109 Å². The summed E-state index contributed by atoms with van der Waals surface area (Å²) >= 11 is 0. The predicted octanol–water partition coefficient (Wildman–Crippen LogP) is 22.4. The molecule has 13 rings (SSSR count). The average Bonchev–Trinajstić information content (AvgIpc) is 0.845. The van der Waals surface area contributed by atoms with Crippen LogP contribution in [0.1, 0.15) is 102 Å². The number of allylic oxidation sites excluding steroid dienone is 4. The highest BCUT2D eigenvalue weighted by Crippen LogP contribution is 2.37. The summed E-state index contributed by atoms with van der Waals surface area (Å²) in [6, 6.07) is 68.4. The van der Waals surface area contributed by atoms with E-state index >= 15 is 0 Å². The predicted molar refractivity (Wildman–Crippen MR) is 574 cm³/mol. The van der Waals surface area contributed by atoms with Crippen LogP contribution in [0, 0.1) is 0 Å². The number of phenolic OH excluding ortho intramolecular Hbond substituents is 13. The van der Waals surface area contributed by atoms with Crippen molar-refractivity contribution in [2.75, 3.05) is 112 Å². The second-order valence-corrected chi connectivity index (χ2v) is 32.9. The van der Waals surface area contributed by atoms with E-state index in [9.17, 15) is 85.6 Å². The number of nitrogens with zero attached hydrogens (tertiary/aromatic N) is 4. The van der Waals surface area contributed by atoms with Crippen LogP contribution in [0.15, 0.2) is 267 Å². The lowest BCUT2D eigenvalue weighted by molar-refractivity contribution is -0.123. The monoisotopic (exact) mass is 1930 g/mol. The Balaban J connectivity index is 0.000000200. The van der Waals surface area contributed by atoms with Crippen LogP contribution in [-0.4, -0.2) is 181 Å². The molecule has 26 nitrogen and oxygen atoms in total. The molecular weight excluding hydrogens is 1810 g/mol. The summed E-state index contributed by atoms with van der Waals surface area (Å²) in [7, 11) is 22.3. The Morgan fingerprint density at radius 2 is 0.399 bits per heavy atom. The van der Waals surface area contributed by atoms with Gasteiger partial charge in [0.25, 0.3) is 0 Å². The van der Waals surface area contributed by atoms with Crippen molar-refractivity contribution in [1.29, 1.82) is 0 Å². The molecule has 0 aromatic heterocycles. The van der Waals surface area contributed by atoms with Crippen LogP contribution in [0.2, 0.25) is 0 Å². The van der Waals surface area contributed by atoms with E-state index in [0.717, 1.165) is 95.1 Å². The molecule has 0 aliphatic heterocycles. The van der Waals surface area contributed by atoms with Crippen molar-refractivity contribution >= 4 is 143 Å². The molecule has 0 spiro atoms. The third kappa shape index (κ3) is 34.9. The van der Waals surface area contributed by atoms with Gasteiger partial charge in [-0.1, -0.05) is 164 Å². The second kappa shape index (κ2) is 53.3. The lowest BCUT2D eigenvalue weighted by Gasteiger charge is -2.14. The zero-order chi connectivity index (χ0) is 104. The van der Waals surface area contributed by atoms with Crippen LogP contribution in [-0.2, 0) is 19.2 Å². The maximum Gasteiger partial charge on any atom is 0.163 e. The summed E-state index contributed by atoms with van der Waals surface area (Å²) < 4.78 is 25.1. The molecule has 0 radical (unpaired) electrons. The molecule has 0 bridgehead atoms. The third-order valence-corrected chi connectivity index (χ3v) is 21.1. The van der Waals surface area contributed by atoms with Gasteiger partial charge in [-0.15, -0.1) is 0 Å². The van der Waals surface area contributed by atoms with Gasteiger partial charge in [0.15, 0.2) is 80.6 Å². The molecule has 13 N–H and O–H groups in total. The molecule has 0 saturated carbocycles. The summed E-state index contributed by atoms with van der Waals surface area (Å²) in [6.07, 6.45) is 33.7. The van der Waals surface area contributed by atoms with Crippen molar-refractivity contribution in [2.45, 2.75) is 12.8 Å². The van der Waals surface area contributed by atoms with Gasteiger partial charge in [-0.3, -0.25) is 19.2 Å². The van der Waals surface area contributed by atoms with Gasteiger partial charge in [0.1, 0.15) is 46.0 Å². The van der Waals surface area contributed by atoms with Crippen molar-refractivity contribution in [3.63, 3.8) is 0 Å². The van der Waals surface area contributed by atoms with Crippen LogP contribution in [0.25, 0.3) is 97.2 Å². The number of aromatic hydroxyl groups is 13. The van der Waals surface area contributed by atoms with Crippen molar-refractivity contribution in [1.82, 2.24) is 0 Å². The minimum Gasteiger partial charge on any atom is -0.508 e. The first-order chi connectivity index (χ1) is 68.3. The van der Waals surface area contributed by atoms with Crippen molar-refractivity contribution in [3.05, 3.63) is 356 Å². The van der Waals surface area contributed by atoms with E-state index in [1.54, 1.807) is 158 Å². The zero-order valence-electron chi connectivity index (χ0n) is 81.3. The highest BCUT2D eigenvalue weighted by atomic mass is 16.5. The summed E-state index contributed by atoms with van der Waals surface area (Å²) in [5.74, 6) is 2.10. The lowest BCUT2D eigenvalue weighted by Crippen LogP contribution is -2.08. The van der Waals surface area contributed by atoms with Crippen LogP contribution >= 0.6 is 0 Å². The number of carbonyl (C=O) groups is 4. The molecule has 13 aromatic carbocycles. The first kappa shape index (κ1) is 108. The molecule has 26 heteroatoms. The number of phenols is 13. The third-order valence-electron chi connectivity index (χ3n) is 21.1. The van der Waals surface area contributed by atoms with Crippen LogP contribution in [0.3, 0.4) is 0 Å². The van der Waals surface area contributed by atoms with E-state index in [4.69, 9.17) is 23.7 Å². The minimum absolute atomic E-state index is 0.00662. The Labute approximate surface area is 831 Å². The van der Waals surface area contributed by atoms with Gasteiger partial charge < -0.3 is 110 Å². The Hall–Kier alpha value is -18.5. The van der Waals surface area contributed by atoms with Gasteiger partial charge in [0, 0.05) is 56.4 Å². The Kier molecular flexibility index (Phi) is 40.3. The van der Waals surface area contributed by atoms with E-state index in [-0.39, 0.29) is 111 Å². The number of anilines is 4. The Morgan fingerprint density at radius 1 is 0.189 bits per heavy atom. The molecular formula is C117H116N4O22. The smallest absolute Gasteiger partial charge is 0.163 e. The van der Waals surface area contributed by atoms with Gasteiger partial charge in [0.05, 0.1) is 71.1 Å². The van der Waals surface area contributed by atoms with E-state index < -0.39 is 0 Å². The lowest BCUT2D eigenvalue weighted by atomic mass is 10.1. The molecule has 0 amide bonds. The van der Waals surface area contributed by atoms with Gasteiger partial charge in [0.2, 0.25) is 0 Å². The van der Waals surface area contributed by atoms with Gasteiger partial charge >= 0.3 is 0 Å². The first-order valence-corrected chi connectivity index (χ1v) is 44.4. The summed E-state index contributed by atoms with van der Waals surface area (Å²) in [4.78, 5) is 54.9. The standard InChI is InChI=1S/2C26H28N2O3.C24H22O5.C21H20O6.C20H18O5/c1-27(2)23-16-18(9-11-25(23)30)5-7-20-13-21(15-22(29)14-20)8-6-19-10-12-26(31)24(17-19)28(3)4;1-27(2)23-11-9-18(16-25(23)30)5-7-20-13-21(15-22(29)14-20)8-6-19-10-12-24(28(3)4)26(31)17-19;1-28-23-9-7-16(14-21(23)26)3-5-18-11-19(13-20(25)12-18)6-4-17-8-10-24(29-2)22(27)15-17;1-26-20-11-14(5-9-18(20)24)3-7-16(22)13-17(23)8-4-15-6-10-19(25)21(12-15)27-2;1-25-20-12-15(6-11-19(20)24)5-10-18(23)13-17(22)9-4-14-2-7-16(21)8-3-14/h2*5-17,29-31H,1-4H3;3-15,25-27H,1-2H3;3-12,24-25H,13H2,1-2H3;2-12,21,24H,13H2,1H3/b2*7-5+,8-6+;5-3+,6-4+;7-3+,8-4+;9-4+,10-5+. The molecule has 0 atom stereocenters. The van der Waals surface area contributed by atoms with Gasteiger partial charge in [-0.2, -0.15) is 0 Å². The second-order valence-electron chi connectivity index (χ2n) is 32.9. The first-order valence-electron chi connectivity index (χ1n) is 44.4. The number of ketones is 4. The summed E-state index contributed by atoms with van der Waals surface area (Å²) in [6.45, 7) is 0. The molecule has 0 heterocycles. The van der Waals surface area contributed by atoms with Gasteiger partial charge in [-0.05, 0) is 289 Å². The van der Waals surface area contributed by atoms with Crippen molar-refractivity contribution in [2.24, 2.45) is 0 Å². The summed E-state index contributed by atoms with van der Waals surface area (Å²) in [5.41, 5.74) is 16.0. The average molecular weight is 1930 g/mol. The molecule has 13 aromatic rings. The Morgan fingerprint density at radius 3 is 0.643 bits per heavy atom. The SMILES string of the molecule is CN(C)c1cc(/C=C/c2cc(O)cc(/C=C/c3ccc(O)c(N(C)C)c3)c2)ccc1O.CN(C)c1ccc(/C=C/c2cc(O)cc(/C=C/c3ccc(N(C)C)c(O)c3)c2)cc1O.COc1cc(/C=C/C(=O)CC(=O)/C=C/c2ccc(O)c(OC)c2)ccc1O.COc1cc(/C=C/C(=O)CC(=O)/C=C/c2ccc(O)cc2)ccc1O.COc1ccc(/C=C/c2cc(O)cc(/C=C/c3ccc(OC)c(O)c3)c2)cc1O. The largest absolute Gasteiger partial charge is 0.508 e. The maximum absolute atomic E-state index is 11.9. The van der Waals surface area contributed by atoms with Crippen LogP contribution in [0.4, 0.5) is 22.7 Å². The molecule has 0 fully saturated rings. The number of rotatable bonds is 33. The number of hydrogen-bond donors (Lipinski definition) is 13. The number of carbonyl (C=O) groups excluding carboxylic acids is 4. The number of methoxy groups -OCH3 is 5. The maximum atomic E-state index is 11.9. The Bertz CT molecular complexity index is 6630. The fourth-order valence-corrected chi connectivity index (χ4v) is 13.7. The molecule has 0 unspecified atom stereocenters. The normalized spacial score (nSPS) is 11.2. The summed E-state index contributed by atoms with van der Waals surface area (Å²) in [5, 5.41) is 128. The molecule has 0 saturated heterocycles. The van der Waals surface area contributed by atoms with Crippen LogP contribution < -0.4 is 43.3 Å². The van der Waals surface area contributed by atoms with Crippen molar-refractivity contribution in [3.8, 4) is 103 Å². The number of ether oxygens (including phenoxy) is 5. The highest BCUT2D eigenvalue weighted by molar-refractivity contribution is 6.12.